The summed E-state index contributed by atoms with van der Waals surface area (Å²) in [4.78, 5) is 18.1. The van der Waals surface area contributed by atoms with E-state index in [1.807, 2.05) is 34.1 Å². The Kier molecular flexibility index (Phi) is 6.73. The molecule has 10 nitrogen and oxygen atoms in total. The van der Waals surface area contributed by atoms with Crippen LogP contribution in [0.15, 0.2) is 24.3 Å². The molecular formula is C20H31ClN10. The van der Waals surface area contributed by atoms with Crippen LogP contribution in [-0.2, 0) is 6.54 Å². The fraction of sp³-hybridized carbons (Fsp3) is 0.550. The van der Waals surface area contributed by atoms with Crippen molar-refractivity contribution in [3.05, 3.63) is 34.9 Å². The topological polar surface area (TPSA) is 161 Å². The highest BCUT2D eigenvalue weighted by Crippen LogP contribution is 2.22. The first-order valence-corrected chi connectivity index (χ1v) is 11.0. The zero-order chi connectivity index (χ0) is 22.0. The molecule has 2 aliphatic rings. The van der Waals surface area contributed by atoms with E-state index in [1.54, 1.807) is 0 Å². The van der Waals surface area contributed by atoms with Gasteiger partial charge >= 0.3 is 0 Å². The molecule has 4 atom stereocenters. The quantitative estimate of drug-likeness (QED) is 0.418. The minimum absolute atomic E-state index is 0.0220. The van der Waals surface area contributed by atoms with Crippen molar-refractivity contribution in [2.45, 2.75) is 43.6 Å². The van der Waals surface area contributed by atoms with E-state index in [0.29, 0.717) is 55.6 Å². The van der Waals surface area contributed by atoms with Crippen molar-refractivity contribution in [2.24, 2.45) is 22.9 Å². The van der Waals surface area contributed by atoms with E-state index < -0.39 is 0 Å². The summed E-state index contributed by atoms with van der Waals surface area (Å²) in [6, 6.07) is 7.55. The number of hydrogen-bond acceptors (Lipinski definition) is 10. The van der Waals surface area contributed by atoms with Gasteiger partial charge in [-0.15, -0.1) is 0 Å². The summed E-state index contributed by atoms with van der Waals surface area (Å²) in [7, 11) is 0. The normalized spacial score (nSPS) is 26.7. The summed E-state index contributed by atoms with van der Waals surface area (Å²) in [6.07, 6.45) is 1.57. The number of piperidine rings is 2. The molecule has 1 aromatic heterocycles. The van der Waals surface area contributed by atoms with Crippen LogP contribution in [0.25, 0.3) is 0 Å². The summed E-state index contributed by atoms with van der Waals surface area (Å²) >= 11 is 5.98. The second-order valence-electron chi connectivity index (χ2n) is 8.56. The van der Waals surface area contributed by atoms with Crippen LogP contribution in [-0.4, -0.2) is 65.3 Å². The van der Waals surface area contributed by atoms with Gasteiger partial charge in [-0.25, -0.2) is 0 Å². The number of benzene rings is 1. The maximum atomic E-state index is 6.19. The molecule has 31 heavy (non-hydrogen) atoms. The highest BCUT2D eigenvalue weighted by atomic mass is 35.5. The van der Waals surface area contributed by atoms with Gasteiger partial charge in [0.05, 0.1) is 0 Å². The van der Waals surface area contributed by atoms with Gasteiger partial charge in [0, 0.05) is 61.9 Å². The summed E-state index contributed by atoms with van der Waals surface area (Å²) < 4.78 is 0. The van der Waals surface area contributed by atoms with Gasteiger partial charge in [-0.2, -0.15) is 15.0 Å². The van der Waals surface area contributed by atoms with Crippen LogP contribution >= 0.6 is 11.6 Å². The molecule has 3 heterocycles. The number of nitrogens with one attached hydrogen (secondary N) is 1. The maximum absolute atomic E-state index is 6.19. The van der Waals surface area contributed by atoms with Crippen molar-refractivity contribution in [1.82, 2.24) is 15.0 Å². The van der Waals surface area contributed by atoms with Gasteiger partial charge in [-0.1, -0.05) is 23.7 Å². The van der Waals surface area contributed by atoms with Gasteiger partial charge in [0.15, 0.2) is 0 Å². The standard InChI is InChI=1S/C20H31ClN10/c21-13-3-1-12(2-4-13)7-26-18-27-19(30-8-14(22)5-15(23)9-30)29-20(28-18)31-10-16(24)6-17(25)11-31/h1-4,14-17H,5-11,22-25H2,(H,26,27,28,29). The molecule has 0 radical (unpaired) electrons. The first kappa shape index (κ1) is 22.0. The van der Waals surface area contributed by atoms with Crippen molar-refractivity contribution >= 4 is 29.4 Å². The Morgan fingerprint density at radius 3 is 1.68 bits per heavy atom. The number of hydrogen-bond donors (Lipinski definition) is 5. The lowest BCUT2D eigenvalue weighted by molar-refractivity contribution is 0.441. The molecule has 2 fully saturated rings. The van der Waals surface area contributed by atoms with Crippen LogP contribution in [0, 0.1) is 0 Å². The SMILES string of the molecule is NC1CC(N)CN(c2nc(NCc3ccc(Cl)cc3)nc(N3CC(N)CC(N)C3)n2)C1. The van der Waals surface area contributed by atoms with E-state index in [1.165, 1.54) is 0 Å². The summed E-state index contributed by atoms with van der Waals surface area (Å²) in [6.45, 7) is 3.14. The highest BCUT2D eigenvalue weighted by Gasteiger charge is 2.28. The fourth-order valence-electron chi connectivity index (χ4n) is 4.18. The van der Waals surface area contributed by atoms with Gasteiger partial charge < -0.3 is 38.1 Å². The number of rotatable bonds is 5. The molecule has 0 amide bonds. The molecule has 0 spiro atoms. The van der Waals surface area contributed by atoms with Crippen molar-refractivity contribution in [2.75, 3.05) is 41.3 Å². The van der Waals surface area contributed by atoms with Crippen LogP contribution in [0.2, 0.25) is 5.02 Å². The lowest BCUT2D eigenvalue weighted by Crippen LogP contribution is -2.54. The minimum Gasteiger partial charge on any atom is -0.350 e. The molecule has 168 valence electrons. The molecule has 1 aromatic carbocycles. The molecule has 0 aliphatic carbocycles. The minimum atomic E-state index is -0.0220. The van der Waals surface area contributed by atoms with Crippen LogP contribution < -0.4 is 38.1 Å². The Bertz CT molecular complexity index is 815. The molecule has 0 bridgehead atoms. The number of halogens is 1. The average Bonchev–Trinajstić information content (AvgIpc) is 2.72. The lowest BCUT2D eigenvalue weighted by atomic mass is 10.0. The Labute approximate surface area is 187 Å². The van der Waals surface area contributed by atoms with Crippen molar-refractivity contribution in [3.63, 3.8) is 0 Å². The van der Waals surface area contributed by atoms with Gasteiger partial charge in [0.25, 0.3) is 0 Å². The van der Waals surface area contributed by atoms with Gasteiger partial charge in [0.1, 0.15) is 0 Å². The van der Waals surface area contributed by atoms with Crippen LogP contribution in [0.1, 0.15) is 18.4 Å². The van der Waals surface area contributed by atoms with Crippen LogP contribution in [0.3, 0.4) is 0 Å². The van der Waals surface area contributed by atoms with E-state index in [2.05, 4.69) is 15.3 Å². The molecule has 2 aliphatic heterocycles. The van der Waals surface area contributed by atoms with Gasteiger partial charge in [0.2, 0.25) is 17.8 Å². The fourth-order valence-corrected chi connectivity index (χ4v) is 4.31. The maximum Gasteiger partial charge on any atom is 0.232 e. The second kappa shape index (κ2) is 9.49. The molecule has 4 unspecified atom stereocenters. The zero-order valence-corrected chi connectivity index (χ0v) is 18.2. The zero-order valence-electron chi connectivity index (χ0n) is 17.5. The summed E-state index contributed by atoms with van der Waals surface area (Å²) in [5, 5.41) is 4.00. The summed E-state index contributed by atoms with van der Waals surface area (Å²) in [5.41, 5.74) is 25.8. The van der Waals surface area contributed by atoms with Crippen molar-refractivity contribution < 1.29 is 0 Å². The molecule has 9 N–H and O–H groups in total. The Hall–Kier alpha value is -2.24. The van der Waals surface area contributed by atoms with E-state index >= 15 is 0 Å². The second-order valence-corrected chi connectivity index (χ2v) is 9.00. The Balaban J connectivity index is 1.60. The first-order chi connectivity index (χ1) is 14.9. The third-order valence-corrected chi connectivity index (χ3v) is 5.82. The molecule has 0 saturated carbocycles. The summed E-state index contributed by atoms with van der Waals surface area (Å²) in [5.74, 6) is 1.60. The predicted molar refractivity (Wildman–Crippen MR) is 124 cm³/mol. The molecule has 11 heteroatoms. The van der Waals surface area contributed by atoms with Crippen LogP contribution in [0.4, 0.5) is 17.8 Å². The molecule has 4 rings (SSSR count). The average molecular weight is 447 g/mol. The highest BCUT2D eigenvalue weighted by molar-refractivity contribution is 6.30. The number of nitrogens with zero attached hydrogens (tertiary/aromatic N) is 5. The predicted octanol–water partition coefficient (Wildman–Crippen LogP) is -0.133. The molecular weight excluding hydrogens is 416 g/mol. The third kappa shape index (κ3) is 5.72. The Morgan fingerprint density at radius 2 is 1.23 bits per heavy atom. The first-order valence-electron chi connectivity index (χ1n) is 10.6. The van der Waals surface area contributed by atoms with Crippen molar-refractivity contribution in [3.8, 4) is 0 Å². The Morgan fingerprint density at radius 1 is 0.774 bits per heavy atom. The monoisotopic (exact) mass is 446 g/mol. The van der Waals surface area contributed by atoms with E-state index in [0.717, 1.165) is 18.4 Å². The van der Waals surface area contributed by atoms with E-state index in [9.17, 15) is 0 Å². The smallest absolute Gasteiger partial charge is 0.232 e. The van der Waals surface area contributed by atoms with Crippen molar-refractivity contribution in [1.29, 1.82) is 0 Å². The largest absolute Gasteiger partial charge is 0.350 e. The third-order valence-electron chi connectivity index (χ3n) is 5.57. The number of aromatic nitrogens is 3. The number of nitrogens with two attached hydrogens (primary N) is 4. The van der Waals surface area contributed by atoms with Gasteiger partial charge in [-0.3, -0.25) is 0 Å². The molecule has 2 aromatic rings. The van der Waals surface area contributed by atoms with E-state index in [4.69, 9.17) is 39.5 Å². The van der Waals surface area contributed by atoms with E-state index in [-0.39, 0.29) is 24.2 Å². The lowest BCUT2D eigenvalue weighted by Gasteiger charge is -2.37. The number of anilines is 3. The molecule has 2 saturated heterocycles. The van der Waals surface area contributed by atoms with Gasteiger partial charge in [-0.05, 0) is 30.5 Å². The van der Waals surface area contributed by atoms with Crippen LogP contribution in [0.5, 0.6) is 0 Å².